The fourth-order valence-electron chi connectivity index (χ4n) is 3.35. The molecule has 1 aliphatic rings. The molecule has 0 N–H and O–H groups in total. The number of rotatable bonds is 1. The van der Waals surface area contributed by atoms with E-state index in [-0.39, 0.29) is 6.09 Å². The Balaban J connectivity index is 1.85. The second-order valence-electron chi connectivity index (χ2n) is 7.48. The number of likely N-dealkylation sites (tertiary alicyclic amines) is 1. The monoisotopic (exact) mass is 345 g/mol. The number of amides is 1. The SMILES string of the molecule is CC(C)(C)OC(=O)N1CCC[C@H](c2cccc3ccc(Cl)cc23)C1. The maximum atomic E-state index is 12.4. The number of carbonyl (C=O) groups is 1. The zero-order valence-corrected chi connectivity index (χ0v) is 15.3. The van der Waals surface area contributed by atoms with E-state index in [9.17, 15) is 4.79 Å². The van der Waals surface area contributed by atoms with E-state index in [1.54, 1.807) is 0 Å². The van der Waals surface area contributed by atoms with Crippen LogP contribution >= 0.6 is 11.6 Å². The summed E-state index contributed by atoms with van der Waals surface area (Å²) >= 11 is 6.20. The maximum absolute atomic E-state index is 12.4. The number of fused-ring (bicyclic) bond motifs is 1. The highest BCUT2D eigenvalue weighted by molar-refractivity contribution is 6.31. The number of ether oxygens (including phenoxy) is 1. The molecule has 0 unspecified atom stereocenters. The van der Waals surface area contributed by atoms with Crippen molar-refractivity contribution in [1.82, 2.24) is 4.90 Å². The van der Waals surface area contributed by atoms with Gasteiger partial charge in [-0.2, -0.15) is 0 Å². The molecule has 1 amide bonds. The molecule has 2 aromatic carbocycles. The molecule has 4 heteroatoms. The zero-order chi connectivity index (χ0) is 17.3. The Bertz CT molecular complexity index is 751. The smallest absolute Gasteiger partial charge is 0.410 e. The van der Waals surface area contributed by atoms with E-state index in [0.717, 1.165) is 24.4 Å². The fourth-order valence-corrected chi connectivity index (χ4v) is 3.52. The van der Waals surface area contributed by atoms with Crippen molar-refractivity contribution in [2.24, 2.45) is 0 Å². The van der Waals surface area contributed by atoms with E-state index < -0.39 is 5.60 Å². The standard InChI is InChI=1S/C20H24ClNO2/c1-20(2,3)24-19(23)22-11-5-7-15(13-22)17-8-4-6-14-9-10-16(21)12-18(14)17/h4,6,8-10,12,15H,5,7,11,13H2,1-3H3/t15-/m0/s1. The Kier molecular flexibility index (Phi) is 4.73. The minimum atomic E-state index is -0.461. The summed E-state index contributed by atoms with van der Waals surface area (Å²) in [4.78, 5) is 14.2. The van der Waals surface area contributed by atoms with Crippen LogP contribution in [0, 0.1) is 0 Å². The van der Waals surface area contributed by atoms with Gasteiger partial charge in [-0.1, -0.05) is 35.9 Å². The molecule has 3 rings (SSSR count). The third kappa shape index (κ3) is 3.84. The lowest BCUT2D eigenvalue weighted by Crippen LogP contribution is -2.42. The van der Waals surface area contributed by atoms with Crippen LogP contribution in [0.2, 0.25) is 5.02 Å². The van der Waals surface area contributed by atoms with Gasteiger partial charge in [-0.3, -0.25) is 0 Å². The predicted molar refractivity (Wildman–Crippen MR) is 98.7 cm³/mol. The lowest BCUT2D eigenvalue weighted by Gasteiger charge is -2.34. The number of hydrogen-bond acceptors (Lipinski definition) is 2. The average Bonchev–Trinajstić information content (AvgIpc) is 2.53. The Labute approximate surface area is 148 Å². The highest BCUT2D eigenvalue weighted by Gasteiger charge is 2.29. The summed E-state index contributed by atoms with van der Waals surface area (Å²) in [7, 11) is 0. The van der Waals surface area contributed by atoms with Crippen LogP contribution in [0.25, 0.3) is 10.8 Å². The Morgan fingerprint density at radius 1 is 1.25 bits per heavy atom. The van der Waals surface area contributed by atoms with E-state index in [1.165, 1.54) is 16.3 Å². The lowest BCUT2D eigenvalue weighted by molar-refractivity contribution is 0.0198. The molecular formula is C20H24ClNO2. The van der Waals surface area contributed by atoms with Crippen LogP contribution in [-0.4, -0.2) is 29.7 Å². The van der Waals surface area contributed by atoms with E-state index in [0.29, 0.717) is 12.5 Å². The minimum absolute atomic E-state index is 0.217. The van der Waals surface area contributed by atoms with E-state index in [1.807, 2.05) is 37.8 Å². The number of halogens is 1. The molecule has 1 fully saturated rings. The van der Waals surface area contributed by atoms with Crippen molar-refractivity contribution in [3.05, 3.63) is 47.0 Å². The zero-order valence-electron chi connectivity index (χ0n) is 14.5. The van der Waals surface area contributed by atoms with Gasteiger partial charge in [0.2, 0.25) is 0 Å². The Hall–Kier alpha value is -1.74. The van der Waals surface area contributed by atoms with E-state index in [4.69, 9.17) is 16.3 Å². The lowest BCUT2D eigenvalue weighted by atomic mass is 9.87. The molecule has 0 bridgehead atoms. The molecule has 1 aliphatic heterocycles. The van der Waals surface area contributed by atoms with Crippen molar-refractivity contribution < 1.29 is 9.53 Å². The first-order valence-corrected chi connectivity index (χ1v) is 8.87. The van der Waals surface area contributed by atoms with Gasteiger partial charge >= 0.3 is 6.09 Å². The van der Waals surface area contributed by atoms with Crippen LogP contribution in [0.3, 0.4) is 0 Å². The van der Waals surface area contributed by atoms with Crippen LogP contribution in [0.4, 0.5) is 4.79 Å². The first-order valence-electron chi connectivity index (χ1n) is 8.49. The van der Waals surface area contributed by atoms with Crippen LogP contribution in [0.15, 0.2) is 36.4 Å². The summed E-state index contributed by atoms with van der Waals surface area (Å²) in [5.74, 6) is 0.313. The van der Waals surface area contributed by atoms with Gasteiger partial charge < -0.3 is 9.64 Å². The number of piperidine rings is 1. The molecular weight excluding hydrogens is 322 g/mol. The molecule has 1 atom stereocenters. The summed E-state index contributed by atoms with van der Waals surface area (Å²) in [6, 6.07) is 12.3. The largest absolute Gasteiger partial charge is 0.444 e. The van der Waals surface area contributed by atoms with Crippen molar-refractivity contribution in [1.29, 1.82) is 0 Å². The first-order chi connectivity index (χ1) is 11.3. The summed E-state index contributed by atoms with van der Waals surface area (Å²) in [6.45, 7) is 7.16. The van der Waals surface area contributed by atoms with Gasteiger partial charge in [0.1, 0.15) is 5.60 Å². The number of nitrogens with zero attached hydrogens (tertiary/aromatic N) is 1. The third-order valence-electron chi connectivity index (χ3n) is 4.39. The molecule has 0 saturated carbocycles. The minimum Gasteiger partial charge on any atom is -0.444 e. The molecule has 3 nitrogen and oxygen atoms in total. The summed E-state index contributed by atoms with van der Waals surface area (Å²) in [5, 5.41) is 3.11. The second-order valence-corrected chi connectivity index (χ2v) is 7.91. The van der Waals surface area contributed by atoms with Crippen molar-refractivity contribution in [3.63, 3.8) is 0 Å². The van der Waals surface area contributed by atoms with Crippen molar-refractivity contribution in [3.8, 4) is 0 Å². The van der Waals surface area contributed by atoms with Gasteiger partial charge in [-0.25, -0.2) is 4.79 Å². The van der Waals surface area contributed by atoms with Crippen LogP contribution in [0.5, 0.6) is 0 Å². The topological polar surface area (TPSA) is 29.5 Å². The van der Waals surface area contributed by atoms with E-state index in [2.05, 4.69) is 24.3 Å². The molecule has 1 saturated heterocycles. The second kappa shape index (κ2) is 6.64. The van der Waals surface area contributed by atoms with Gasteiger partial charge in [0.25, 0.3) is 0 Å². The Morgan fingerprint density at radius 3 is 2.79 bits per heavy atom. The quantitative estimate of drug-likeness (QED) is 0.672. The van der Waals surface area contributed by atoms with Gasteiger partial charge in [-0.15, -0.1) is 0 Å². The van der Waals surface area contributed by atoms with Crippen LogP contribution in [-0.2, 0) is 4.74 Å². The Morgan fingerprint density at radius 2 is 2.04 bits per heavy atom. The molecule has 0 aliphatic carbocycles. The first kappa shape index (κ1) is 17.1. The molecule has 0 aromatic heterocycles. The van der Waals surface area contributed by atoms with Gasteiger partial charge in [0.15, 0.2) is 0 Å². The predicted octanol–water partition coefficient (Wildman–Crippen LogP) is 5.61. The fraction of sp³-hybridized carbons (Fsp3) is 0.450. The number of benzene rings is 2. The van der Waals surface area contributed by atoms with Crippen LogP contribution in [0.1, 0.15) is 45.1 Å². The summed E-state index contributed by atoms with van der Waals surface area (Å²) in [5.41, 5.74) is 0.806. The van der Waals surface area contributed by atoms with E-state index >= 15 is 0 Å². The highest BCUT2D eigenvalue weighted by Crippen LogP contribution is 2.33. The van der Waals surface area contributed by atoms with Gasteiger partial charge in [0, 0.05) is 24.0 Å². The molecule has 2 aromatic rings. The summed E-state index contributed by atoms with van der Waals surface area (Å²) in [6.07, 6.45) is 1.84. The molecule has 24 heavy (non-hydrogen) atoms. The average molecular weight is 346 g/mol. The number of carbonyl (C=O) groups excluding carboxylic acids is 1. The van der Waals surface area contributed by atoms with Gasteiger partial charge in [-0.05, 0) is 62.1 Å². The van der Waals surface area contributed by atoms with Gasteiger partial charge in [0.05, 0.1) is 0 Å². The molecule has 0 spiro atoms. The maximum Gasteiger partial charge on any atom is 0.410 e. The normalized spacial score (nSPS) is 18.7. The number of hydrogen-bond donors (Lipinski definition) is 0. The van der Waals surface area contributed by atoms with Crippen molar-refractivity contribution >= 4 is 28.5 Å². The summed E-state index contributed by atoms with van der Waals surface area (Å²) < 4.78 is 5.53. The van der Waals surface area contributed by atoms with Crippen LogP contribution < -0.4 is 0 Å². The van der Waals surface area contributed by atoms with Crippen molar-refractivity contribution in [2.75, 3.05) is 13.1 Å². The molecule has 1 heterocycles. The molecule has 0 radical (unpaired) electrons. The molecule has 128 valence electrons. The van der Waals surface area contributed by atoms with Crippen molar-refractivity contribution in [2.45, 2.75) is 45.1 Å². The third-order valence-corrected chi connectivity index (χ3v) is 4.63. The highest BCUT2D eigenvalue weighted by atomic mass is 35.5.